The normalized spacial score (nSPS) is 10.6. The van der Waals surface area contributed by atoms with Gasteiger partial charge in [-0.25, -0.2) is 14.2 Å². The summed E-state index contributed by atoms with van der Waals surface area (Å²) in [4.78, 5) is 16.0. The van der Waals surface area contributed by atoms with E-state index >= 15 is 0 Å². The standard InChI is InChI=1S/C20H18FNO4S/c1-2-17-18(20(23)24)27-19(22-17)13-3-7-15(8-4-13)25-11-12-26-16-9-5-14(21)6-10-16/h3-10H,2,11-12H2,1H3,(H,23,24). The Morgan fingerprint density at radius 2 is 1.59 bits per heavy atom. The molecule has 0 fully saturated rings. The Morgan fingerprint density at radius 1 is 1.04 bits per heavy atom. The van der Waals surface area contributed by atoms with Crippen LogP contribution in [0.3, 0.4) is 0 Å². The molecule has 0 aliphatic carbocycles. The number of carbonyl (C=O) groups is 1. The number of thiazole rings is 1. The van der Waals surface area contributed by atoms with E-state index < -0.39 is 5.97 Å². The van der Waals surface area contributed by atoms with Gasteiger partial charge in [0, 0.05) is 5.56 Å². The molecule has 0 bridgehead atoms. The number of carboxylic acids is 1. The predicted molar refractivity (Wildman–Crippen MR) is 101 cm³/mol. The molecule has 1 aromatic heterocycles. The van der Waals surface area contributed by atoms with Crippen LogP contribution in [0.1, 0.15) is 22.3 Å². The van der Waals surface area contributed by atoms with Crippen LogP contribution in [-0.4, -0.2) is 29.3 Å². The van der Waals surface area contributed by atoms with Crippen molar-refractivity contribution in [2.45, 2.75) is 13.3 Å². The Labute approximate surface area is 160 Å². The third kappa shape index (κ3) is 4.83. The van der Waals surface area contributed by atoms with Crippen molar-refractivity contribution in [3.63, 3.8) is 0 Å². The molecule has 2 aromatic carbocycles. The molecule has 0 spiro atoms. The number of rotatable bonds is 8. The maximum absolute atomic E-state index is 12.8. The van der Waals surface area contributed by atoms with Gasteiger partial charge in [0.15, 0.2) is 0 Å². The van der Waals surface area contributed by atoms with Crippen LogP contribution in [0.25, 0.3) is 10.6 Å². The van der Waals surface area contributed by atoms with Gasteiger partial charge in [-0.2, -0.15) is 0 Å². The quantitative estimate of drug-likeness (QED) is 0.569. The highest BCUT2D eigenvalue weighted by Gasteiger charge is 2.16. The van der Waals surface area contributed by atoms with Crippen molar-refractivity contribution in [3.8, 4) is 22.1 Å². The van der Waals surface area contributed by atoms with Crippen molar-refractivity contribution in [2.24, 2.45) is 0 Å². The molecular weight excluding hydrogens is 369 g/mol. The van der Waals surface area contributed by atoms with Crippen molar-refractivity contribution in [3.05, 3.63) is 64.9 Å². The fourth-order valence-corrected chi connectivity index (χ4v) is 3.42. The maximum Gasteiger partial charge on any atom is 0.347 e. The number of nitrogens with zero attached hydrogens (tertiary/aromatic N) is 1. The number of hydrogen-bond acceptors (Lipinski definition) is 5. The molecule has 7 heteroatoms. The Kier molecular flexibility index (Phi) is 6.03. The summed E-state index contributed by atoms with van der Waals surface area (Å²) in [7, 11) is 0. The average Bonchev–Trinajstić information content (AvgIpc) is 3.12. The number of aromatic nitrogens is 1. The highest BCUT2D eigenvalue weighted by atomic mass is 32.1. The van der Waals surface area contributed by atoms with Gasteiger partial charge in [0.1, 0.15) is 40.4 Å². The summed E-state index contributed by atoms with van der Waals surface area (Å²) in [6, 6.07) is 13.1. The van der Waals surface area contributed by atoms with Gasteiger partial charge in [-0.1, -0.05) is 6.92 Å². The van der Waals surface area contributed by atoms with Crippen LogP contribution in [0.5, 0.6) is 11.5 Å². The zero-order valence-electron chi connectivity index (χ0n) is 14.6. The molecule has 1 N–H and O–H groups in total. The van der Waals surface area contributed by atoms with E-state index in [0.29, 0.717) is 41.8 Å². The van der Waals surface area contributed by atoms with Crippen molar-refractivity contribution >= 4 is 17.3 Å². The maximum atomic E-state index is 12.8. The van der Waals surface area contributed by atoms with Crippen molar-refractivity contribution in [1.29, 1.82) is 0 Å². The minimum Gasteiger partial charge on any atom is -0.490 e. The van der Waals surface area contributed by atoms with Gasteiger partial charge >= 0.3 is 5.97 Å². The molecule has 0 saturated carbocycles. The van der Waals surface area contributed by atoms with Crippen LogP contribution in [0.2, 0.25) is 0 Å². The second kappa shape index (κ2) is 8.64. The average molecular weight is 387 g/mol. The number of halogens is 1. The number of benzene rings is 2. The molecule has 0 amide bonds. The van der Waals surface area contributed by atoms with E-state index in [1.807, 2.05) is 19.1 Å². The lowest BCUT2D eigenvalue weighted by atomic mass is 10.2. The molecular formula is C20H18FNO4S. The number of aryl methyl sites for hydroxylation is 1. The van der Waals surface area contributed by atoms with Crippen LogP contribution in [0, 0.1) is 5.82 Å². The van der Waals surface area contributed by atoms with E-state index in [2.05, 4.69) is 4.98 Å². The Hall–Kier alpha value is -2.93. The first-order valence-corrected chi connectivity index (χ1v) is 9.23. The SMILES string of the molecule is CCc1nc(-c2ccc(OCCOc3ccc(F)cc3)cc2)sc1C(=O)O. The van der Waals surface area contributed by atoms with E-state index in [4.69, 9.17) is 9.47 Å². The van der Waals surface area contributed by atoms with Gasteiger partial charge in [-0.05, 0) is 55.0 Å². The number of aromatic carboxylic acids is 1. The smallest absolute Gasteiger partial charge is 0.347 e. The minimum absolute atomic E-state index is 0.283. The van der Waals surface area contributed by atoms with Gasteiger partial charge in [0.2, 0.25) is 0 Å². The Balaban J connectivity index is 1.56. The molecule has 3 rings (SSSR count). The molecule has 0 saturated heterocycles. The highest BCUT2D eigenvalue weighted by Crippen LogP contribution is 2.29. The van der Waals surface area contributed by atoms with Gasteiger partial charge < -0.3 is 14.6 Å². The van der Waals surface area contributed by atoms with Gasteiger partial charge in [0.05, 0.1) is 5.69 Å². The molecule has 27 heavy (non-hydrogen) atoms. The fourth-order valence-electron chi connectivity index (χ4n) is 2.43. The molecule has 1 heterocycles. The summed E-state index contributed by atoms with van der Waals surface area (Å²) in [6.07, 6.45) is 0.577. The van der Waals surface area contributed by atoms with Crippen LogP contribution in [-0.2, 0) is 6.42 Å². The van der Waals surface area contributed by atoms with E-state index in [0.717, 1.165) is 5.56 Å². The number of carboxylic acid groups (broad SMARTS) is 1. The van der Waals surface area contributed by atoms with Crippen LogP contribution >= 0.6 is 11.3 Å². The second-order valence-electron chi connectivity index (χ2n) is 5.63. The third-order valence-electron chi connectivity index (χ3n) is 3.76. The van der Waals surface area contributed by atoms with Gasteiger partial charge in [0.25, 0.3) is 0 Å². The Morgan fingerprint density at radius 3 is 2.07 bits per heavy atom. The molecule has 0 unspecified atom stereocenters. The van der Waals surface area contributed by atoms with E-state index in [-0.39, 0.29) is 10.7 Å². The van der Waals surface area contributed by atoms with Crippen molar-refractivity contribution in [2.75, 3.05) is 13.2 Å². The lowest BCUT2D eigenvalue weighted by Gasteiger charge is -2.08. The largest absolute Gasteiger partial charge is 0.490 e. The van der Waals surface area contributed by atoms with E-state index in [9.17, 15) is 14.3 Å². The summed E-state index contributed by atoms with van der Waals surface area (Å²) in [5.41, 5.74) is 1.44. The van der Waals surface area contributed by atoms with Crippen LogP contribution in [0.15, 0.2) is 48.5 Å². The van der Waals surface area contributed by atoms with E-state index in [1.165, 1.54) is 23.5 Å². The first kappa shape index (κ1) is 18.8. The highest BCUT2D eigenvalue weighted by molar-refractivity contribution is 7.17. The molecule has 3 aromatic rings. The first-order valence-electron chi connectivity index (χ1n) is 8.41. The lowest BCUT2D eigenvalue weighted by Crippen LogP contribution is -2.08. The first-order chi connectivity index (χ1) is 13.1. The van der Waals surface area contributed by atoms with Crippen molar-refractivity contribution in [1.82, 2.24) is 4.98 Å². The summed E-state index contributed by atoms with van der Waals surface area (Å²) in [5.74, 6) is 0.00410. The monoisotopic (exact) mass is 387 g/mol. The van der Waals surface area contributed by atoms with E-state index in [1.54, 1.807) is 24.3 Å². The van der Waals surface area contributed by atoms with Gasteiger partial charge in [-0.3, -0.25) is 0 Å². The molecule has 0 aliphatic rings. The summed E-state index contributed by atoms with van der Waals surface area (Å²) < 4.78 is 23.9. The molecule has 0 atom stereocenters. The number of hydrogen-bond donors (Lipinski definition) is 1. The zero-order chi connectivity index (χ0) is 19.2. The van der Waals surface area contributed by atoms with Crippen molar-refractivity contribution < 1.29 is 23.8 Å². The molecule has 0 radical (unpaired) electrons. The second-order valence-corrected chi connectivity index (χ2v) is 6.63. The fraction of sp³-hybridized carbons (Fsp3) is 0.200. The summed E-state index contributed by atoms with van der Waals surface area (Å²) in [6.45, 7) is 2.56. The minimum atomic E-state index is -0.947. The van der Waals surface area contributed by atoms with Crippen LogP contribution in [0.4, 0.5) is 4.39 Å². The molecule has 5 nitrogen and oxygen atoms in total. The lowest BCUT2D eigenvalue weighted by molar-refractivity contribution is 0.0701. The summed E-state index contributed by atoms with van der Waals surface area (Å²) >= 11 is 1.17. The third-order valence-corrected chi connectivity index (χ3v) is 4.90. The van der Waals surface area contributed by atoms with Gasteiger partial charge in [-0.15, -0.1) is 11.3 Å². The topological polar surface area (TPSA) is 68.7 Å². The summed E-state index contributed by atoms with van der Waals surface area (Å²) in [5, 5.41) is 9.91. The predicted octanol–water partition coefficient (Wildman–Crippen LogP) is 4.67. The van der Waals surface area contributed by atoms with Crippen LogP contribution < -0.4 is 9.47 Å². The Bertz CT molecular complexity index is 907. The molecule has 0 aliphatic heterocycles. The number of ether oxygens (including phenoxy) is 2. The molecule has 140 valence electrons. The zero-order valence-corrected chi connectivity index (χ0v) is 15.5.